The highest BCUT2D eigenvalue weighted by Crippen LogP contribution is 2.23. The number of nitrogens with zero attached hydrogens (tertiary/aromatic N) is 2. The Kier molecular flexibility index (Phi) is 6.21. The van der Waals surface area contributed by atoms with Gasteiger partial charge < -0.3 is 14.8 Å². The van der Waals surface area contributed by atoms with Crippen molar-refractivity contribution in [3.8, 4) is 0 Å². The molecule has 1 amide bonds. The van der Waals surface area contributed by atoms with E-state index in [2.05, 4.69) is 10.2 Å². The molecule has 3 aliphatic rings. The number of carbonyl (C=O) groups excluding carboxylic acids is 1. The van der Waals surface area contributed by atoms with Crippen molar-refractivity contribution in [2.24, 2.45) is 0 Å². The smallest absolute Gasteiger partial charge is 0.251 e. The number of ether oxygens (including phenoxy) is 2. The van der Waals surface area contributed by atoms with Crippen LogP contribution in [-0.2, 0) is 19.5 Å². The molecular formula is C20H29N3O5S. The molecule has 0 spiro atoms. The number of hydrogen-bond donors (Lipinski definition) is 1. The molecule has 0 unspecified atom stereocenters. The molecule has 9 heteroatoms. The molecule has 0 aliphatic carbocycles. The van der Waals surface area contributed by atoms with Gasteiger partial charge >= 0.3 is 0 Å². The van der Waals surface area contributed by atoms with Crippen LogP contribution in [0.2, 0.25) is 0 Å². The van der Waals surface area contributed by atoms with Gasteiger partial charge in [-0.2, -0.15) is 4.31 Å². The average molecular weight is 424 g/mol. The summed E-state index contributed by atoms with van der Waals surface area (Å²) in [6, 6.07) is 5.25. The second-order valence-electron chi connectivity index (χ2n) is 7.95. The van der Waals surface area contributed by atoms with E-state index in [1.54, 1.807) is 12.1 Å². The Balaban J connectivity index is 1.42. The third-order valence-electron chi connectivity index (χ3n) is 6.01. The maximum Gasteiger partial charge on any atom is 0.251 e. The quantitative estimate of drug-likeness (QED) is 0.747. The molecule has 0 saturated carbocycles. The maximum absolute atomic E-state index is 12.9. The zero-order valence-electron chi connectivity index (χ0n) is 16.8. The molecular weight excluding hydrogens is 394 g/mol. The molecule has 0 aromatic heterocycles. The second-order valence-corrected chi connectivity index (χ2v) is 9.89. The van der Waals surface area contributed by atoms with E-state index in [1.807, 2.05) is 6.92 Å². The van der Waals surface area contributed by atoms with Gasteiger partial charge in [-0.3, -0.25) is 9.69 Å². The number of aryl methyl sites for hydroxylation is 1. The Morgan fingerprint density at radius 1 is 1.24 bits per heavy atom. The van der Waals surface area contributed by atoms with Gasteiger partial charge in [0.15, 0.2) is 0 Å². The first kappa shape index (κ1) is 20.7. The number of benzene rings is 1. The first-order valence-corrected chi connectivity index (χ1v) is 11.7. The van der Waals surface area contributed by atoms with Gasteiger partial charge in [0.05, 0.1) is 30.8 Å². The minimum atomic E-state index is -3.64. The number of amides is 1. The number of hydrogen-bond acceptors (Lipinski definition) is 6. The lowest BCUT2D eigenvalue weighted by Gasteiger charge is -2.35. The average Bonchev–Trinajstić information content (AvgIpc) is 3.20. The molecule has 8 nitrogen and oxygen atoms in total. The van der Waals surface area contributed by atoms with E-state index in [1.165, 1.54) is 23.2 Å². The van der Waals surface area contributed by atoms with Crippen LogP contribution in [0.5, 0.6) is 0 Å². The normalized spacial score (nSPS) is 26.2. The lowest BCUT2D eigenvalue weighted by atomic mass is 10.1. The van der Waals surface area contributed by atoms with Crippen molar-refractivity contribution in [3.63, 3.8) is 0 Å². The first-order valence-electron chi connectivity index (χ1n) is 10.3. The van der Waals surface area contributed by atoms with Crippen molar-refractivity contribution in [3.05, 3.63) is 29.3 Å². The van der Waals surface area contributed by atoms with Crippen molar-refractivity contribution in [1.29, 1.82) is 0 Å². The minimum Gasteiger partial charge on any atom is -0.379 e. The number of morpholine rings is 2. The van der Waals surface area contributed by atoms with Gasteiger partial charge in [0.2, 0.25) is 10.0 Å². The predicted octanol–water partition coefficient (Wildman–Crippen LogP) is 0.609. The fraction of sp³-hybridized carbons (Fsp3) is 0.650. The van der Waals surface area contributed by atoms with Crippen LogP contribution in [0.3, 0.4) is 0 Å². The molecule has 1 aromatic rings. The monoisotopic (exact) mass is 423 g/mol. The Hall–Kier alpha value is -1.52. The van der Waals surface area contributed by atoms with Crippen molar-refractivity contribution < 1.29 is 22.7 Å². The van der Waals surface area contributed by atoms with Crippen molar-refractivity contribution in [2.75, 3.05) is 52.5 Å². The van der Waals surface area contributed by atoms with Gasteiger partial charge in [-0.25, -0.2) is 8.42 Å². The molecule has 2 atom stereocenters. The number of fused-ring (bicyclic) bond motifs is 1. The molecule has 3 saturated heterocycles. The highest BCUT2D eigenvalue weighted by molar-refractivity contribution is 7.89. The first-order chi connectivity index (χ1) is 13.9. The summed E-state index contributed by atoms with van der Waals surface area (Å²) < 4.78 is 38.3. The third-order valence-corrected chi connectivity index (χ3v) is 7.91. The molecule has 3 fully saturated rings. The molecule has 29 heavy (non-hydrogen) atoms. The summed E-state index contributed by atoms with van der Waals surface area (Å²) in [6.07, 6.45) is 2.35. The van der Waals surface area contributed by atoms with Crippen LogP contribution in [0.1, 0.15) is 28.8 Å². The van der Waals surface area contributed by atoms with Crippen LogP contribution < -0.4 is 5.32 Å². The van der Waals surface area contributed by atoms with E-state index in [-0.39, 0.29) is 16.9 Å². The molecule has 0 radical (unpaired) electrons. The summed E-state index contributed by atoms with van der Waals surface area (Å²) in [5, 5.41) is 2.93. The SMILES string of the molecule is Cc1ccc(S(=O)(=O)N2CCOCC2)cc1C(=O)NC[C@H]1CN2CCC[C@@H]2CO1. The van der Waals surface area contributed by atoms with Crippen molar-refractivity contribution in [2.45, 2.75) is 36.8 Å². The largest absolute Gasteiger partial charge is 0.379 e. The topological polar surface area (TPSA) is 88.2 Å². The molecule has 3 aliphatic heterocycles. The zero-order valence-corrected chi connectivity index (χ0v) is 17.6. The van der Waals surface area contributed by atoms with Gasteiger partial charge in [-0.1, -0.05) is 6.07 Å². The molecule has 1 aromatic carbocycles. The Morgan fingerprint density at radius 2 is 2.03 bits per heavy atom. The fourth-order valence-corrected chi connectivity index (χ4v) is 5.69. The molecule has 4 rings (SSSR count). The number of carbonyl (C=O) groups is 1. The van der Waals surface area contributed by atoms with E-state index in [0.717, 1.165) is 18.7 Å². The number of rotatable bonds is 5. The Labute approximate surface area is 172 Å². The molecule has 3 heterocycles. The van der Waals surface area contributed by atoms with Gasteiger partial charge in [-0.05, 0) is 44.0 Å². The molecule has 0 bridgehead atoms. The van der Waals surface area contributed by atoms with E-state index < -0.39 is 10.0 Å². The van der Waals surface area contributed by atoms with E-state index in [0.29, 0.717) is 51.1 Å². The van der Waals surface area contributed by atoms with Crippen molar-refractivity contribution in [1.82, 2.24) is 14.5 Å². The van der Waals surface area contributed by atoms with Crippen LogP contribution >= 0.6 is 0 Å². The lowest BCUT2D eigenvalue weighted by molar-refractivity contribution is -0.0461. The summed E-state index contributed by atoms with van der Waals surface area (Å²) in [6.45, 7) is 6.30. The van der Waals surface area contributed by atoms with E-state index in [9.17, 15) is 13.2 Å². The van der Waals surface area contributed by atoms with E-state index >= 15 is 0 Å². The van der Waals surface area contributed by atoms with E-state index in [4.69, 9.17) is 9.47 Å². The number of sulfonamides is 1. The summed E-state index contributed by atoms with van der Waals surface area (Å²) in [4.78, 5) is 15.4. The maximum atomic E-state index is 12.9. The molecule has 1 N–H and O–H groups in total. The Morgan fingerprint density at radius 3 is 2.83 bits per heavy atom. The van der Waals surface area contributed by atoms with Crippen molar-refractivity contribution >= 4 is 15.9 Å². The van der Waals surface area contributed by atoms with Gasteiger partial charge in [0, 0.05) is 37.8 Å². The van der Waals surface area contributed by atoms with Gasteiger partial charge in [0.1, 0.15) is 0 Å². The zero-order chi connectivity index (χ0) is 20.4. The van der Waals surface area contributed by atoms with Gasteiger partial charge in [-0.15, -0.1) is 0 Å². The minimum absolute atomic E-state index is 0.0335. The van der Waals surface area contributed by atoms with Crippen LogP contribution in [0.25, 0.3) is 0 Å². The van der Waals surface area contributed by atoms with Crippen LogP contribution in [0.15, 0.2) is 23.1 Å². The third kappa shape index (κ3) is 4.49. The predicted molar refractivity (Wildman–Crippen MR) is 107 cm³/mol. The second kappa shape index (κ2) is 8.69. The number of nitrogens with one attached hydrogen (secondary N) is 1. The highest BCUT2D eigenvalue weighted by atomic mass is 32.2. The van der Waals surface area contributed by atoms with Crippen LogP contribution in [0, 0.1) is 6.92 Å². The lowest BCUT2D eigenvalue weighted by Crippen LogP contribution is -2.50. The summed E-state index contributed by atoms with van der Waals surface area (Å²) >= 11 is 0. The Bertz CT molecular complexity index is 854. The fourth-order valence-electron chi connectivity index (χ4n) is 4.25. The summed E-state index contributed by atoms with van der Waals surface area (Å²) in [5.74, 6) is -0.270. The summed E-state index contributed by atoms with van der Waals surface area (Å²) in [5.41, 5.74) is 1.13. The summed E-state index contributed by atoms with van der Waals surface area (Å²) in [7, 11) is -3.64. The molecule has 160 valence electrons. The highest BCUT2D eigenvalue weighted by Gasteiger charge is 2.32. The van der Waals surface area contributed by atoms with Gasteiger partial charge in [0.25, 0.3) is 5.91 Å². The van der Waals surface area contributed by atoms with Crippen LogP contribution in [0.4, 0.5) is 0 Å². The van der Waals surface area contributed by atoms with Crippen LogP contribution in [-0.4, -0.2) is 88.2 Å². The standard InChI is InChI=1S/C20H29N3O5S/c1-15-4-5-18(29(25,26)23-7-9-27-10-8-23)11-19(15)20(24)21-12-17-13-22-6-2-3-16(22)14-28-17/h4-5,11,16-17H,2-3,6-10,12-14H2,1H3,(H,21,24)/t16-,17+/m1/s1.